The quantitative estimate of drug-likeness (QED) is 0.927. The highest BCUT2D eigenvalue weighted by Gasteiger charge is 2.26. The van der Waals surface area contributed by atoms with Gasteiger partial charge >= 0.3 is 0 Å². The van der Waals surface area contributed by atoms with Crippen LogP contribution in [0.25, 0.3) is 0 Å². The van der Waals surface area contributed by atoms with Crippen LogP contribution in [-0.2, 0) is 12.8 Å². The summed E-state index contributed by atoms with van der Waals surface area (Å²) in [4.78, 5) is 14.4. The molecular weight excluding hydrogens is 250 g/mol. The van der Waals surface area contributed by atoms with E-state index in [1.165, 1.54) is 5.56 Å². The molecule has 0 atom stereocenters. The molecule has 1 amide bonds. The summed E-state index contributed by atoms with van der Waals surface area (Å²) in [5, 5.41) is 9.12. The van der Waals surface area contributed by atoms with Crippen LogP contribution >= 0.6 is 0 Å². The van der Waals surface area contributed by atoms with Gasteiger partial charge in [-0.1, -0.05) is 30.3 Å². The van der Waals surface area contributed by atoms with Crippen molar-refractivity contribution in [2.45, 2.75) is 12.8 Å². The van der Waals surface area contributed by atoms with Gasteiger partial charge in [-0.25, -0.2) is 0 Å². The second kappa shape index (κ2) is 5.47. The molecule has 20 heavy (non-hydrogen) atoms. The number of hydrogen-bond acceptors (Lipinski definition) is 2. The predicted octanol–water partition coefficient (Wildman–Crippen LogP) is 2.42. The number of aliphatic hydroxyl groups is 1. The highest BCUT2D eigenvalue weighted by Crippen LogP contribution is 2.32. The van der Waals surface area contributed by atoms with Gasteiger partial charge in [0, 0.05) is 24.4 Å². The molecule has 0 saturated carbocycles. The van der Waals surface area contributed by atoms with Crippen LogP contribution in [0.4, 0.5) is 5.69 Å². The number of aliphatic hydroxyl groups excluding tert-OH is 1. The fraction of sp³-hybridized carbons (Fsp3) is 0.235. The van der Waals surface area contributed by atoms with Crippen molar-refractivity contribution in [3.8, 4) is 0 Å². The highest BCUT2D eigenvalue weighted by atomic mass is 16.3. The summed E-state index contributed by atoms with van der Waals surface area (Å²) in [5.41, 5.74) is 4.05. The van der Waals surface area contributed by atoms with E-state index in [0.717, 1.165) is 17.7 Å². The molecule has 0 spiro atoms. The van der Waals surface area contributed by atoms with Crippen molar-refractivity contribution in [2.24, 2.45) is 0 Å². The van der Waals surface area contributed by atoms with Gasteiger partial charge in [0.05, 0.1) is 0 Å². The van der Waals surface area contributed by atoms with Crippen molar-refractivity contribution in [3.63, 3.8) is 0 Å². The standard InChI is InChI=1S/C17H17NO2/c19-12-10-13-7-4-8-16-15(13)9-11-18(16)17(20)14-5-2-1-3-6-14/h1-8,19H,9-12H2. The smallest absolute Gasteiger partial charge is 0.258 e. The predicted molar refractivity (Wildman–Crippen MR) is 79.1 cm³/mol. The van der Waals surface area contributed by atoms with Crippen LogP contribution in [-0.4, -0.2) is 24.2 Å². The summed E-state index contributed by atoms with van der Waals surface area (Å²) in [6.45, 7) is 0.856. The monoisotopic (exact) mass is 267 g/mol. The number of benzene rings is 2. The number of anilines is 1. The van der Waals surface area contributed by atoms with E-state index in [9.17, 15) is 4.79 Å². The largest absolute Gasteiger partial charge is 0.396 e. The van der Waals surface area contributed by atoms with Gasteiger partial charge in [0.15, 0.2) is 0 Å². The first-order chi connectivity index (χ1) is 9.81. The number of amides is 1. The van der Waals surface area contributed by atoms with Crippen LogP contribution in [0.2, 0.25) is 0 Å². The van der Waals surface area contributed by atoms with Crippen molar-refractivity contribution < 1.29 is 9.90 Å². The average molecular weight is 267 g/mol. The number of hydrogen-bond donors (Lipinski definition) is 1. The van der Waals surface area contributed by atoms with Gasteiger partial charge in [0.2, 0.25) is 0 Å². The van der Waals surface area contributed by atoms with Crippen molar-refractivity contribution >= 4 is 11.6 Å². The van der Waals surface area contributed by atoms with Crippen LogP contribution in [0, 0.1) is 0 Å². The molecule has 3 nitrogen and oxygen atoms in total. The number of carbonyl (C=O) groups is 1. The molecule has 0 saturated heterocycles. The molecule has 0 aliphatic carbocycles. The summed E-state index contributed by atoms with van der Waals surface area (Å²) < 4.78 is 0. The molecule has 2 aromatic carbocycles. The Kier molecular flexibility index (Phi) is 3.52. The van der Waals surface area contributed by atoms with Crippen LogP contribution in [0.1, 0.15) is 21.5 Å². The molecule has 3 rings (SSSR count). The topological polar surface area (TPSA) is 40.5 Å². The van der Waals surface area contributed by atoms with E-state index in [4.69, 9.17) is 5.11 Å². The Labute approximate surface area is 118 Å². The Bertz CT molecular complexity index is 622. The Morgan fingerprint density at radius 3 is 2.65 bits per heavy atom. The molecule has 1 aliphatic heterocycles. The molecule has 1 N–H and O–H groups in total. The molecule has 1 heterocycles. The van der Waals surface area contributed by atoms with Crippen LogP contribution in [0.5, 0.6) is 0 Å². The lowest BCUT2D eigenvalue weighted by molar-refractivity contribution is 0.0989. The maximum atomic E-state index is 12.6. The normalized spacial score (nSPS) is 13.3. The van der Waals surface area contributed by atoms with Crippen LogP contribution < -0.4 is 4.90 Å². The van der Waals surface area contributed by atoms with Gasteiger partial charge < -0.3 is 10.0 Å². The Balaban J connectivity index is 1.94. The van der Waals surface area contributed by atoms with Gasteiger partial charge in [0.25, 0.3) is 5.91 Å². The summed E-state index contributed by atoms with van der Waals surface area (Å²) in [7, 11) is 0. The lowest BCUT2D eigenvalue weighted by atomic mass is 10.0. The number of rotatable bonds is 3. The molecule has 0 bridgehead atoms. The van der Waals surface area contributed by atoms with Crippen molar-refractivity contribution in [2.75, 3.05) is 18.1 Å². The number of fused-ring (bicyclic) bond motifs is 1. The van der Waals surface area contributed by atoms with Gasteiger partial charge in [-0.2, -0.15) is 0 Å². The minimum Gasteiger partial charge on any atom is -0.396 e. The Hall–Kier alpha value is -2.13. The van der Waals surface area contributed by atoms with E-state index in [1.807, 2.05) is 53.4 Å². The zero-order valence-electron chi connectivity index (χ0n) is 11.2. The SMILES string of the molecule is O=C(c1ccccc1)N1CCc2c(CCO)cccc21. The lowest BCUT2D eigenvalue weighted by Gasteiger charge is -2.18. The first-order valence-corrected chi connectivity index (χ1v) is 6.90. The number of carbonyl (C=O) groups excluding carboxylic acids is 1. The van der Waals surface area contributed by atoms with Crippen molar-refractivity contribution in [1.82, 2.24) is 0 Å². The van der Waals surface area contributed by atoms with E-state index in [0.29, 0.717) is 18.5 Å². The van der Waals surface area contributed by atoms with Gasteiger partial charge in [-0.15, -0.1) is 0 Å². The Morgan fingerprint density at radius 1 is 1.10 bits per heavy atom. The van der Waals surface area contributed by atoms with E-state index >= 15 is 0 Å². The summed E-state index contributed by atoms with van der Waals surface area (Å²) >= 11 is 0. The van der Waals surface area contributed by atoms with Crippen molar-refractivity contribution in [3.05, 3.63) is 65.2 Å². The molecule has 0 aromatic heterocycles. The molecule has 102 valence electrons. The zero-order chi connectivity index (χ0) is 13.9. The first kappa shape index (κ1) is 12.9. The molecule has 0 unspecified atom stereocenters. The molecule has 0 radical (unpaired) electrons. The summed E-state index contributed by atoms with van der Waals surface area (Å²) in [6.07, 6.45) is 1.51. The highest BCUT2D eigenvalue weighted by molar-refractivity contribution is 6.07. The fourth-order valence-corrected chi connectivity index (χ4v) is 2.81. The third kappa shape index (κ3) is 2.21. The third-order valence-corrected chi connectivity index (χ3v) is 3.77. The maximum absolute atomic E-state index is 12.6. The minimum absolute atomic E-state index is 0.0468. The van der Waals surface area contributed by atoms with Gasteiger partial charge in [-0.3, -0.25) is 4.79 Å². The minimum atomic E-state index is 0.0468. The van der Waals surface area contributed by atoms with Gasteiger partial charge in [-0.05, 0) is 42.2 Å². The summed E-state index contributed by atoms with van der Waals surface area (Å²) in [6, 6.07) is 15.3. The lowest BCUT2D eigenvalue weighted by Crippen LogP contribution is -2.28. The average Bonchev–Trinajstić information content (AvgIpc) is 2.93. The van der Waals surface area contributed by atoms with E-state index < -0.39 is 0 Å². The second-order valence-electron chi connectivity index (χ2n) is 4.96. The van der Waals surface area contributed by atoms with Gasteiger partial charge in [0.1, 0.15) is 0 Å². The fourth-order valence-electron chi connectivity index (χ4n) is 2.81. The molecule has 0 fully saturated rings. The number of nitrogens with zero attached hydrogens (tertiary/aromatic N) is 1. The molecule has 2 aromatic rings. The van der Waals surface area contributed by atoms with E-state index in [2.05, 4.69) is 0 Å². The molecule has 3 heteroatoms. The van der Waals surface area contributed by atoms with Crippen LogP contribution in [0.3, 0.4) is 0 Å². The first-order valence-electron chi connectivity index (χ1n) is 6.90. The van der Waals surface area contributed by atoms with E-state index in [-0.39, 0.29) is 12.5 Å². The van der Waals surface area contributed by atoms with Crippen LogP contribution in [0.15, 0.2) is 48.5 Å². The molecule has 1 aliphatic rings. The Morgan fingerprint density at radius 2 is 1.90 bits per heavy atom. The second-order valence-corrected chi connectivity index (χ2v) is 4.96. The van der Waals surface area contributed by atoms with E-state index in [1.54, 1.807) is 0 Å². The van der Waals surface area contributed by atoms with Crippen molar-refractivity contribution in [1.29, 1.82) is 0 Å². The molecular formula is C17H17NO2. The summed E-state index contributed by atoms with van der Waals surface area (Å²) in [5.74, 6) is 0.0468. The third-order valence-electron chi connectivity index (χ3n) is 3.77. The zero-order valence-corrected chi connectivity index (χ0v) is 11.2. The maximum Gasteiger partial charge on any atom is 0.258 e.